The molecule has 0 amide bonds. The van der Waals surface area contributed by atoms with Crippen LogP contribution in [0.1, 0.15) is 19.8 Å². The third-order valence-corrected chi connectivity index (χ3v) is 6.26. The van der Waals surface area contributed by atoms with Crippen LogP contribution in [0.15, 0.2) is 15.0 Å². The maximum absolute atomic E-state index is 11.5. The SMILES string of the molecule is CCn1c(N2CCCC2CN)nc2c([N+](=O)[O-])c(Br)c(Br)cc21.Cl. The topological polar surface area (TPSA) is 90.2 Å². The molecule has 0 spiro atoms. The lowest BCUT2D eigenvalue weighted by atomic mass is 10.2. The molecular formula is C14H18Br2ClN5O2. The number of imidazole rings is 1. The van der Waals surface area contributed by atoms with Gasteiger partial charge in [0.15, 0.2) is 5.52 Å². The molecule has 0 saturated carbocycles. The minimum absolute atomic E-state index is 0. The Morgan fingerprint density at radius 2 is 2.21 bits per heavy atom. The van der Waals surface area contributed by atoms with Gasteiger partial charge < -0.3 is 15.2 Å². The minimum atomic E-state index is -0.391. The van der Waals surface area contributed by atoms with Crippen LogP contribution in [0, 0.1) is 10.1 Å². The fraction of sp³-hybridized carbons (Fsp3) is 0.500. The maximum atomic E-state index is 11.5. The summed E-state index contributed by atoms with van der Waals surface area (Å²) >= 11 is 6.69. The van der Waals surface area contributed by atoms with Gasteiger partial charge in [-0.25, -0.2) is 4.98 Å². The average Bonchev–Trinajstić information content (AvgIpc) is 3.11. The zero-order valence-corrected chi connectivity index (χ0v) is 17.0. The molecule has 0 radical (unpaired) electrons. The van der Waals surface area contributed by atoms with E-state index in [1.165, 1.54) is 0 Å². The van der Waals surface area contributed by atoms with Crippen LogP contribution < -0.4 is 10.6 Å². The number of aryl methyl sites for hydroxylation is 1. The highest BCUT2D eigenvalue weighted by molar-refractivity contribution is 9.13. The number of nitro benzene ring substituents is 1. The smallest absolute Gasteiger partial charge is 0.312 e. The molecule has 0 bridgehead atoms. The first kappa shape index (κ1) is 19.4. The molecule has 132 valence electrons. The molecule has 10 heteroatoms. The van der Waals surface area contributed by atoms with Crippen molar-refractivity contribution in [3.05, 3.63) is 25.1 Å². The Morgan fingerprint density at radius 1 is 1.50 bits per heavy atom. The van der Waals surface area contributed by atoms with Crippen LogP contribution in [0.3, 0.4) is 0 Å². The van der Waals surface area contributed by atoms with Crippen molar-refractivity contribution in [1.29, 1.82) is 0 Å². The van der Waals surface area contributed by atoms with Crippen LogP contribution >= 0.6 is 44.3 Å². The number of hydrogen-bond acceptors (Lipinski definition) is 5. The second-order valence-electron chi connectivity index (χ2n) is 5.53. The number of nitro groups is 1. The summed E-state index contributed by atoms with van der Waals surface area (Å²) in [5, 5.41) is 11.5. The van der Waals surface area contributed by atoms with E-state index >= 15 is 0 Å². The molecule has 1 aromatic carbocycles. The van der Waals surface area contributed by atoms with Crippen molar-refractivity contribution >= 4 is 66.9 Å². The van der Waals surface area contributed by atoms with Crippen molar-refractivity contribution in [2.45, 2.75) is 32.4 Å². The molecule has 1 aromatic heterocycles. The standard InChI is InChI=1S/C14H17Br2N5O2.ClH/c1-2-19-10-6-9(15)11(16)13(21(22)23)12(10)18-14(19)20-5-3-4-8(20)7-17;/h6,8H,2-5,7,17H2,1H3;1H. The van der Waals surface area contributed by atoms with Crippen LogP contribution in [0.5, 0.6) is 0 Å². The summed E-state index contributed by atoms with van der Waals surface area (Å²) in [6, 6.07) is 2.11. The normalized spacial score (nSPS) is 17.3. The molecule has 3 rings (SSSR count). The summed E-state index contributed by atoms with van der Waals surface area (Å²) in [4.78, 5) is 17.9. The Bertz CT molecular complexity index is 782. The van der Waals surface area contributed by atoms with Crippen molar-refractivity contribution in [2.75, 3.05) is 18.0 Å². The second kappa shape index (κ2) is 7.55. The van der Waals surface area contributed by atoms with Crippen LogP contribution in [0.4, 0.5) is 11.6 Å². The molecule has 2 heterocycles. The summed E-state index contributed by atoms with van der Waals surface area (Å²) < 4.78 is 3.08. The predicted molar refractivity (Wildman–Crippen MR) is 104 cm³/mol. The first-order valence-electron chi connectivity index (χ1n) is 7.48. The molecule has 1 fully saturated rings. The van der Waals surface area contributed by atoms with Crippen molar-refractivity contribution in [3.63, 3.8) is 0 Å². The van der Waals surface area contributed by atoms with Gasteiger partial charge in [-0.15, -0.1) is 12.4 Å². The van der Waals surface area contributed by atoms with Crippen molar-refractivity contribution in [2.24, 2.45) is 5.73 Å². The lowest BCUT2D eigenvalue weighted by molar-refractivity contribution is -0.384. The van der Waals surface area contributed by atoms with Gasteiger partial charge in [0.05, 0.1) is 10.4 Å². The van der Waals surface area contributed by atoms with Gasteiger partial charge in [0.1, 0.15) is 4.47 Å². The number of benzene rings is 1. The molecule has 2 N–H and O–H groups in total. The van der Waals surface area contributed by atoms with Crippen molar-refractivity contribution in [3.8, 4) is 0 Å². The molecule has 7 nitrogen and oxygen atoms in total. The van der Waals surface area contributed by atoms with Gasteiger partial charge in [0, 0.05) is 30.1 Å². The van der Waals surface area contributed by atoms with E-state index in [4.69, 9.17) is 5.73 Å². The van der Waals surface area contributed by atoms with E-state index in [1.807, 2.05) is 17.6 Å². The quantitative estimate of drug-likeness (QED) is 0.527. The van der Waals surface area contributed by atoms with Gasteiger partial charge in [0.25, 0.3) is 0 Å². The van der Waals surface area contributed by atoms with Crippen LogP contribution in [-0.4, -0.2) is 33.6 Å². The Balaban J connectivity index is 0.00000208. The first-order chi connectivity index (χ1) is 11.0. The number of fused-ring (bicyclic) bond motifs is 1. The Morgan fingerprint density at radius 3 is 2.79 bits per heavy atom. The van der Waals surface area contributed by atoms with Gasteiger partial charge in [-0.3, -0.25) is 10.1 Å². The number of nitrogens with zero attached hydrogens (tertiary/aromatic N) is 4. The molecule has 1 aliphatic rings. The Labute approximate surface area is 162 Å². The zero-order chi connectivity index (χ0) is 16.7. The fourth-order valence-electron chi connectivity index (χ4n) is 3.22. The highest BCUT2D eigenvalue weighted by Gasteiger charge is 2.31. The summed E-state index contributed by atoms with van der Waals surface area (Å²) in [5.74, 6) is 0.767. The van der Waals surface area contributed by atoms with Gasteiger partial charge in [-0.2, -0.15) is 0 Å². The molecule has 2 aromatic rings. The van der Waals surface area contributed by atoms with E-state index in [-0.39, 0.29) is 24.1 Å². The van der Waals surface area contributed by atoms with Crippen LogP contribution in [-0.2, 0) is 6.54 Å². The number of hydrogen-bond donors (Lipinski definition) is 1. The van der Waals surface area contributed by atoms with E-state index in [0.717, 1.165) is 30.9 Å². The van der Waals surface area contributed by atoms with E-state index < -0.39 is 4.92 Å². The van der Waals surface area contributed by atoms with E-state index in [1.54, 1.807) is 0 Å². The van der Waals surface area contributed by atoms with Gasteiger partial charge in [0.2, 0.25) is 5.95 Å². The Kier molecular flexibility index (Phi) is 6.11. The number of anilines is 1. The maximum Gasteiger partial charge on any atom is 0.312 e. The molecule has 24 heavy (non-hydrogen) atoms. The zero-order valence-electron chi connectivity index (χ0n) is 13.0. The fourth-order valence-corrected chi connectivity index (χ4v) is 4.07. The largest absolute Gasteiger partial charge is 0.338 e. The molecular weight excluding hydrogens is 465 g/mol. The van der Waals surface area contributed by atoms with Crippen LogP contribution in [0.25, 0.3) is 11.0 Å². The summed E-state index contributed by atoms with van der Waals surface area (Å²) in [6.07, 6.45) is 2.09. The third kappa shape index (κ3) is 3.02. The molecule has 0 aliphatic carbocycles. The third-order valence-electron chi connectivity index (χ3n) is 4.30. The number of aromatic nitrogens is 2. The van der Waals surface area contributed by atoms with E-state index in [0.29, 0.717) is 27.6 Å². The van der Waals surface area contributed by atoms with Gasteiger partial charge >= 0.3 is 5.69 Å². The second-order valence-corrected chi connectivity index (χ2v) is 7.17. The predicted octanol–water partition coefficient (Wildman–Crippen LogP) is 3.84. The monoisotopic (exact) mass is 481 g/mol. The average molecular weight is 484 g/mol. The van der Waals surface area contributed by atoms with Crippen LogP contribution in [0.2, 0.25) is 0 Å². The van der Waals surface area contributed by atoms with E-state index in [2.05, 4.69) is 41.7 Å². The number of nitrogens with two attached hydrogens (primary N) is 1. The lowest BCUT2D eigenvalue weighted by Gasteiger charge is -2.25. The highest BCUT2D eigenvalue weighted by atomic mass is 79.9. The van der Waals surface area contributed by atoms with Crippen molar-refractivity contribution in [1.82, 2.24) is 9.55 Å². The number of rotatable bonds is 4. The lowest BCUT2D eigenvalue weighted by Crippen LogP contribution is -2.37. The summed E-state index contributed by atoms with van der Waals surface area (Å²) in [6.45, 7) is 4.13. The van der Waals surface area contributed by atoms with Gasteiger partial charge in [-0.05, 0) is 57.7 Å². The van der Waals surface area contributed by atoms with Crippen molar-refractivity contribution < 1.29 is 4.92 Å². The summed E-state index contributed by atoms with van der Waals surface area (Å²) in [7, 11) is 0. The van der Waals surface area contributed by atoms with E-state index in [9.17, 15) is 10.1 Å². The molecule has 1 atom stereocenters. The Hall–Kier alpha value is -0.900. The molecule has 1 unspecified atom stereocenters. The highest BCUT2D eigenvalue weighted by Crippen LogP contribution is 2.41. The summed E-state index contributed by atoms with van der Waals surface area (Å²) in [5.41, 5.74) is 7.03. The van der Waals surface area contributed by atoms with Gasteiger partial charge in [-0.1, -0.05) is 0 Å². The first-order valence-corrected chi connectivity index (χ1v) is 9.07. The number of halogens is 3. The molecule has 1 aliphatic heterocycles. The molecule has 1 saturated heterocycles. The minimum Gasteiger partial charge on any atom is -0.338 e.